The van der Waals surface area contributed by atoms with Crippen LogP contribution in [0.15, 0.2) is 24.3 Å². The van der Waals surface area contributed by atoms with Crippen molar-refractivity contribution in [2.75, 3.05) is 7.11 Å². The van der Waals surface area contributed by atoms with Gasteiger partial charge in [-0.05, 0) is 38.1 Å². The lowest BCUT2D eigenvalue weighted by molar-refractivity contribution is 0.101. The fraction of sp³-hybridized carbons (Fsp3) is 0.188. The second-order valence-corrected chi connectivity index (χ2v) is 5.31. The van der Waals surface area contributed by atoms with Crippen molar-refractivity contribution < 1.29 is 9.53 Å². The maximum Gasteiger partial charge on any atom is 0.160 e. The molecule has 0 amide bonds. The summed E-state index contributed by atoms with van der Waals surface area (Å²) in [6.07, 6.45) is 0. The summed E-state index contributed by atoms with van der Waals surface area (Å²) in [5, 5.41) is 2.62. The molecule has 0 radical (unpaired) electrons. The summed E-state index contributed by atoms with van der Waals surface area (Å²) in [7, 11) is 1.62. The molecular weight excluding hydrogens is 274 g/mol. The number of benzene rings is 2. The molecule has 0 saturated heterocycles. The molecule has 4 heteroatoms. The minimum Gasteiger partial charge on any atom is -0.494 e. The molecule has 20 heavy (non-hydrogen) atoms. The highest BCUT2D eigenvalue weighted by atomic mass is 35.5. The molecule has 3 aromatic rings. The number of ether oxygens (including phenoxy) is 1. The van der Waals surface area contributed by atoms with E-state index in [1.165, 1.54) is 0 Å². The number of hydrogen-bond acceptors (Lipinski definition) is 2. The molecule has 0 bridgehead atoms. The van der Waals surface area contributed by atoms with Gasteiger partial charge in [-0.3, -0.25) is 4.79 Å². The Morgan fingerprint density at radius 3 is 2.65 bits per heavy atom. The van der Waals surface area contributed by atoms with E-state index in [1.807, 2.05) is 31.2 Å². The zero-order valence-electron chi connectivity index (χ0n) is 11.5. The Hall–Kier alpha value is -2.00. The molecule has 0 atom stereocenters. The third-order valence-corrected chi connectivity index (χ3v) is 3.88. The van der Waals surface area contributed by atoms with E-state index in [1.54, 1.807) is 14.0 Å². The number of rotatable bonds is 2. The summed E-state index contributed by atoms with van der Waals surface area (Å²) >= 11 is 6.07. The van der Waals surface area contributed by atoms with E-state index in [9.17, 15) is 4.79 Å². The summed E-state index contributed by atoms with van der Waals surface area (Å²) in [5.41, 5.74) is 3.40. The zero-order valence-corrected chi connectivity index (χ0v) is 12.3. The van der Waals surface area contributed by atoms with Gasteiger partial charge in [-0.25, -0.2) is 0 Å². The van der Waals surface area contributed by atoms with E-state index < -0.39 is 0 Å². The van der Waals surface area contributed by atoms with Crippen molar-refractivity contribution in [3.8, 4) is 5.75 Å². The van der Waals surface area contributed by atoms with E-state index in [0.717, 1.165) is 27.4 Å². The summed E-state index contributed by atoms with van der Waals surface area (Å²) in [4.78, 5) is 15.1. The largest absolute Gasteiger partial charge is 0.494 e. The SMILES string of the molecule is COc1c(C)c(C(C)=O)cc2c1[nH]c1ccc(Cl)cc12. The van der Waals surface area contributed by atoms with Crippen LogP contribution in [-0.4, -0.2) is 17.9 Å². The molecule has 0 unspecified atom stereocenters. The quantitative estimate of drug-likeness (QED) is 0.705. The Kier molecular flexibility index (Phi) is 2.94. The van der Waals surface area contributed by atoms with Crippen LogP contribution in [0.1, 0.15) is 22.8 Å². The van der Waals surface area contributed by atoms with Gasteiger partial charge in [-0.2, -0.15) is 0 Å². The van der Waals surface area contributed by atoms with Crippen LogP contribution >= 0.6 is 11.6 Å². The van der Waals surface area contributed by atoms with Crippen LogP contribution in [0.25, 0.3) is 21.8 Å². The lowest BCUT2D eigenvalue weighted by atomic mass is 10.0. The van der Waals surface area contributed by atoms with E-state index in [0.29, 0.717) is 16.3 Å². The molecule has 0 spiro atoms. The normalized spacial score (nSPS) is 11.2. The standard InChI is InChI=1S/C16H14ClNO2/c1-8-11(9(2)19)7-13-12-6-10(17)4-5-14(12)18-15(13)16(8)20-3/h4-7,18H,1-3H3. The minimum absolute atomic E-state index is 0.0269. The molecule has 2 aromatic carbocycles. The molecule has 3 rings (SSSR count). The van der Waals surface area contributed by atoms with E-state index in [2.05, 4.69) is 4.98 Å². The molecule has 1 N–H and O–H groups in total. The highest BCUT2D eigenvalue weighted by Crippen LogP contribution is 2.37. The van der Waals surface area contributed by atoms with Crippen LogP contribution in [0.5, 0.6) is 5.75 Å². The number of fused-ring (bicyclic) bond motifs is 3. The number of H-pyrrole nitrogens is 1. The maximum atomic E-state index is 11.8. The van der Waals surface area contributed by atoms with Gasteiger partial charge in [-0.15, -0.1) is 0 Å². The molecule has 0 aliphatic heterocycles. The van der Waals surface area contributed by atoms with Gasteiger partial charge < -0.3 is 9.72 Å². The van der Waals surface area contributed by atoms with Gasteiger partial charge in [0, 0.05) is 32.4 Å². The van der Waals surface area contributed by atoms with Crippen molar-refractivity contribution >= 4 is 39.2 Å². The van der Waals surface area contributed by atoms with Gasteiger partial charge in [0.1, 0.15) is 5.75 Å². The number of carbonyl (C=O) groups is 1. The number of halogens is 1. The number of nitrogens with one attached hydrogen (secondary N) is 1. The Morgan fingerprint density at radius 2 is 2.00 bits per heavy atom. The van der Waals surface area contributed by atoms with E-state index >= 15 is 0 Å². The molecule has 0 aliphatic rings. The summed E-state index contributed by atoms with van der Waals surface area (Å²) < 4.78 is 5.49. The van der Waals surface area contributed by atoms with Crippen molar-refractivity contribution in [2.45, 2.75) is 13.8 Å². The molecule has 3 nitrogen and oxygen atoms in total. The lowest BCUT2D eigenvalue weighted by Crippen LogP contribution is -1.99. The van der Waals surface area contributed by atoms with Crippen molar-refractivity contribution in [1.82, 2.24) is 4.98 Å². The smallest absolute Gasteiger partial charge is 0.160 e. The fourth-order valence-corrected chi connectivity index (χ4v) is 2.87. The van der Waals surface area contributed by atoms with Crippen molar-refractivity contribution in [3.63, 3.8) is 0 Å². The van der Waals surface area contributed by atoms with Crippen molar-refractivity contribution in [3.05, 3.63) is 40.4 Å². The highest BCUT2D eigenvalue weighted by Gasteiger charge is 2.17. The number of hydrogen-bond donors (Lipinski definition) is 1. The molecular formula is C16H14ClNO2. The van der Waals surface area contributed by atoms with Crippen LogP contribution in [0.4, 0.5) is 0 Å². The van der Waals surface area contributed by atoms with Crippen LogP contribution in [-0.2, 0) is 0 Å². The number of Topliss-reactive ketones (excluding diaryl/α,β-unsaturated/α-hetero) is 1. The second-order valence-electron chi connectivity index (χ2n) is 4.88. The predicted octanol–water partition coefficient (Wildman–Crippen LogP) is 4.49. The van der Waals surface area contributed by atoms with Crippen LogP contribution in [0, 0.1) is 6.92 Å². The average Bonchev–Trinajstić information content (AvgIpc) is 2.75. The Labute approximate surface area is 121 Å². The third kappa shape index (κ3) is 1.78. The Morgan fingerprint density at radius 1 is 1.25 bits per heavy atom. The summed E-state index contributed by atoms with van der Waals surface area (Å²) in [5.74, 6) is 0.735. The molecule has 0 aliphatic carbocycles. The van der Waals surface area contributed by atoms with Crippen LogP contribution in [0.2, 0.25) is 5.02 Å². The van der Waals surface area contributed by atoms with Crippen LogP contribution in [0.3, 0.4) is 0 Å². The summed E-state index contributed by atoms with van der Waals surface area (Å²) in [6.45, 7) is 3.46. The van der Waals surface area contributed by atoms with Crippen molar-refractivity contribution in [1.29, 1.82) is 0 Å². The predicted molar refractivity (Wildman–Crippen MR) is 82.1 cm³/mol. The molecule has 102 valence electrons. The molecule has 0 saturated carbocycles. The second kappa shape index (κ2) is 4.53. The van der Waals surface area contributed by atoms with Gasteiger partial charge >= 0.3 is 0 Å². The Balaban J connectivity index is 2.53. The van der Waals surface area contributed by atoms with Gasteiger partial charge in [0.2, 0.25) is 0 Å². The first-order chi connectivity index (χ1) is 9.52. The first kappa shape index (κ1) is 13.0. The average molecular weight is 288 g/mol. The Bertz CT molecular complexity index is 849. The topological polar surface area (TPSA) is 42.1 Å². The first-order valence-electron chi connectivity index (χ1n) is 6.32. The van der Waals surface area contributed by atoms with Gasteiger partial charge in [0.05, 0.1) is 12.6 Å². The van der Waals surface area contributed by atoms with Crippen molar-refractivity contribution in [2.24, 2.45) is 0 Å². The number of aromatic amines is 1. The molecule has 1 heterocycles. The van der Waals surface area contributed by atoms with Gasteiger partial charge in [0.25, 0.3) is 0 Å². The lowest BCUT2D eigenvalue weighted by Gasteiger charge is -2.10. The highest BCUT2D eigenvalue weighted by molar-refractivity contribution is 6.32. The number of ketones is 1. The number of aromatic nitrogens is 1. The minimum atomic E-state index is 0.0269. The van der Waals surface area contributed by atoms with Gasteiger partial charge in [0.15, 0.2) is 5.78 Å². The van der Waals surface area contributed by atoms with Gasteiger partial charge in [-0.1, -0.05) is 11.6 Å². The first-order valence-corrected chi connectivity index (χ1v) is 6.70. The number of carbonyl (C=O) groups excluding carboxylic acids is 1. The summed E-state index contributed by atoms with van der Waals surface area (Å²) in [6, 6.07) is 7.57. The number of methoxy groups -OCH3 is 1. The van der Waals surface area contributed by atoms with E-state index in [-0.39, 0.29) is 5.78 Å². The molecule has 1 aromatic heterocycles. The maximum absolute atomic E-state index is 11.8. The monoisotopic (exact) mass is 287 g/mol. The zero-order chi connectivity index (χ0) is 14.4. The molecule has 0 fully saturated rings. The van der Waals surface area contributed by atoms with Crippen LogP contribution < -0.4 is 4.74 Å². The fourth-order valence-electron chi connectivity index (χ4n) is 2.70. The van der Waals surface area contributed by atoms with E-state index in [4.69, 9.17) is 16.3 Å². The third-order valence-electron chi connectivity index (χ3n) is 3.64.